The van der Waals surface area contributed by atoms with Crippen LogP contribution in [0.15, 0.2) is 42.5 Å². The smallest absolute Gasteiger partial charge is 0.224 e. The van der Waals surface area contributed by atoms with Gasteiger partial charge in [0.15, 0.2) is 0 Å². The molecule has 3 N–H and O–H groups in total. The van der Waals surface area contributed by atoms with E-state index in [1.807, 2.05) is 18.2 Å². The Morgan fingerprint density at radius 1 is 1.12 bits per heavy atom. The molecule has 2 aromatic carbocycles. The fourth-order valence-corrected chi connectivity index (χ4v) is 2.63. The summed E-state index contributed by atoms with van der Waals surface area (Å²) in [6, 6.07) is 11.7. The fraction of sp³-hybridized carbons (Fsp3) is 0.316. The number of nitrogens with two attached hydrogens (primary N) is 1. The number of carbonyl (C=O) groups excluding carboxylic acids is 1. The highest BCUT2D eigenvalue weighted by Gasteiger charge is 2.08. The first-order valence-corrected chi connectivity index (χ1v) is 8.22. The first kappa shape index (κ1) is 17.8. The Labute approximate surface area is 142 Å². The number of hydrogen-bond acceptors (Lipinski definition) is 3. The molecule has 0 unspecified atom stereocenters. The van der Waals surface area contributed by atoms with E-state index in [4.69, 9.17) is 5.73 Å². The number of benzene rings is 2. The van der Waals surface area contributed by atoms with E-state index in [0.717, 1.165) is 30.0 Å². The Kier molecular flexibility index (Phi) is 6.18. The average molecular weight is 329 g/mol. The Balaban J connectivity index is 1.93. The lowest BCUT2D eigenvalue weighted by molar-refractivity contribution is -0.116. The Hall–Kier alpha value is -2.56. The van der Waals surface area contributed by atoms with E-state index in [1.54, 1.807) is 12.1 Å². The second kappa shape index (κ2) is 8.34. The van der Waals surface area contributed by atoms with E-state index >= 15 is 0 Å². The number of carbonyl (C=O) groups is 1. The number of nitrogens with one attached hydrogen (secondary N) is 1. The molecule has 0 aromatic heterocycles. The minimum absolute atomic E-state index is 0.104. The molecule has 0 aliphatic rings. The summed E-state index contributed by atoms with van der Waals surface area (Å²) < 4.78 is 12.8. The molecular formula is C19H24FN3O. The van der Waals surface area contributed by atoms with Crippen LogP contribution in [0, 0.1) is 5.82 Å². The minimum Gasteiger partial charge on any atom is -0.397 e. The summed E-state index contributed by atoms with van der Waals surface area (Å²) in [5.74, 6) is -0.426. The predicted octanol–water partition coefficient (Wildman–Crippen LogP) is 3.83. The van der Waals surface area contributed by atoms with Gasteiger partial charge in [-0.25, -0.2) is 4.39 Å². The van der Waals surface area contributed by atoms with Gasteiger partial charge < -0.3 is 16.0 Å². The van der Waals surface area contributed by atoms with Crippen molar-refractivity contribution in [1.82, 2.24) is 0 Å². The maximum Gasteiger partial charge on any atom is 0.224 e. The van der Waals surface area contributed by atoms with Gasteiger partial charge in [0, 0.05) is 25.2 Å². The van der Waals surface area contributed by atoms with Crippen molar-refractivity contribution in [3.8, 4) is 0 Å². The highest BCUT2D eigenvalue weighted by molar-refractivity contribution is 5.90. The van der Waals surface area contributed by atoms with Crippen molar-refractivity contribution < 1.29 is 9.18 Å². The Morgan fingerprint density at radius 2 is 1.79 bits per heavy atom. The maximum absolute atomic E-state index is 12.8. The zero-order valence-corrected chi connectivity index (χ0v) is 14.2. The zero-order chi connectivity index (χ0) is 17.5. The highest BCUT2D eigenvalue weighted by atomic mass is 19.1. The first-order valence-electron chi connectivity index (χ1n) is 8.22. The predicted molar refractivity (Wildman–Crippen MR) is 97.8 cm³/mol. The third kappa shape index (κ3) is 4.72. The monoisotopic (exact) mass is 329 g/mol. The summed E-state index contributed by atoms with van der Waals surface area (Å²) in [4.78, 5) is 14.2. The third-order valence-corrected chi connectivity index (χ3v) is 3.96. The van der Waals surface area contributed by atoms with Crippen molar-refractivity contribution >= 4 is 23.0 Å². The topological polar surface area (TPSA) is 58.4 Å². The molecule has 0 atom stereocenters. The van der Waals surface area contributed by atoms with E-state index in [-0.39, 0.29) is 11.7 Å². The highest BCUT2D eigenvalue weighted by Crippen LogP contribution is 2.24. The standard InChI is InChI=1S/C19H24FN3O/c1-3-23(4-2)18-11-5-14(13-17(18)21)6-12-19(24)22-16-9-7-15(20)8-10-16/h5,7-11,13H,3-4,6,12,21H2,1-2H3,(H,22,24). The molecular weight excluding hydrogens is 305 g/mol. The summed E-state index contributed by atoms with van der Waals surface area (Å²) in [5, 5.41) is 2.76. The summed E-state index contributed by atoms with van der Waals surface area (Å²) in [6.45, 7) is 5.99. The van der Waals surface area contributed by atoms with Gasteiger partial charge in [-0.05, 0) is 62.2 Å². The van der Waals surface area contributed by atoms with Crippen LogP contribution in [0.2, 0.25) is 0 Å². The lowest BCUT2D eigenvalue weighted by Crippen LogP contribution is -2.23. The van der Waals surface area contributed by atoms with Crippen LogP contribution in [0.4, 0.5) is 21.5 Å². The molecule has 24 heavy (non-hydrogen) atoms. The molecule has 0 aliphatic carbocycles. The number of rotatable bonds is 7. The van der Waals surface area contributed by atoms with Crippen LogP contribution >= 0.6 is 0 Å². The molecule has 0 saturated carbocycles. The number of nitrogens with zero attached hydrogens (tertiary/aromatic N) is 1. The normalized spacial score (nSPS) is 10.5. The summed E-state index contributed by atoms with van der Waals surface area (Å²) in [7, 11) is 0. The van der Waals surface area contributed by atoms with Crippen LogP contribution in [0.5, 0.6) is 0 Å². The number of halogens is 1. The molecule has 5 heteroatoms. The number of hydrogen-bond donors (Lipinski definition) is 2. The van der Waals surface area contributed by atoms with Crippen LogP contribution < -0.4 is 16.0 Å². The van der Waals surface area contributed by atoms with Gasteiger partial charge in [-0.2, -0.15) is 0 Å². The Bertz CT molecular complexity index is 682. The Morgan fingerprint density at radius 3 is 2.38 bits per heavy atom. The second-order valence-corrected chi connectivity index (χ2v) is 5.62. The fourth-order valence-electron chi connectivity index (χ4n) is 2.63. The van der Waals surface area contributed by atoms with Crippen molar-refractivity contribution in [2.75, 3.05) is 29.0 Å². The summed E-state index contributed by atoms with van der Waals surface area (Å²) in [6.07, 6.45) is 0.956. The molecule has 1 amide bonds. The van der Waals surface area contributed by atoms with E-state index in [9.17, 15) is 9.18 Å². The largest absolute Gasteiger partial charge is 0.397 e. The second-order valence-electron chi connectivity index (χ2n) is 5.62. The molecule has 2 rings (SSSR count). The van der Waals surface area contributed by atoms with Gasteiger partial charge in [0.25, 0.3) is 0 Å². The van der Waals surface area contributed by atoms with Gasteiger partial charge in [-0.1, -0.05) is 6.07 Å². The summed E-state index contributed by atoms with van der Waals surface area (Å²) in [5.41, 5.74) is 9.52. The number of aryl methyl sites for hydroxylation is 1. The lowest BCUT2D eigenvalue weighted by Gasteiger charge is -2.23. The average Bonchev–Trinajstić information content (AvgIpc) is 2.58. The number of amides is 1. The van der Waals surface area contributed by atoms with Crippen molar-refractivity contribution in [2.45, 2.75) is 26.7 Å². The van der Waals surface area contributed by atoms with Gasteiger partial charge >= 0.3 is 0 Å². The van der Waals surface area contributed by atoms with Crippen LogP contribution in [0.3, 0.4) is 0 Å². The first-order chi connectivity index (χ1) is 11.5. The van der Waals surface area contributed by atoms with E-state index < -0.39 is 0 Å². The van der Waals surface area contributed by atoms with E-state index in [2.05, 4.69) is 24.1 Å². The quantitative estimate of drug-likeness (QED) is 0.759. The van der Waals surface area contributed by atoms with E-state index in [0.29, 0.717) is 18.5 Å². The number of anilines is 3. The third-order valence-electron chi connectivity index (χ3n) is 3.96. The molecule has 0 heterocycles. The molecule has 0 fully saturated rings. The maximum atomic E-state index is 12.8. The molecule has 0 bridgehead atoms. The van der Waals surface area contributed by atoms with Gasteiger partial charge in [0.2, 0.25) is 5.91 Å². The van der Waals surface area contributed by atoms with Crippen molar-refractivity contribution in [1.29, 1.82) is 0 Å². The molecule has 2 aromatic rings. The van der Waals surface area contributed by atoms with Crippen molar-refractivity contribution in [3.63, 3.8) is 0 Å². The molecule has 0 aliphatic heterocycles. The number of nitrogen functional groups attached to an aromatic ring is 1. The lowest BCUT2D eigenvalue weighted by atomic mass is 10.1. The van der Waals surface area contributed by atoms with Crippen LogP contribution in [0.1, 0.15) is 25.8 Å². The SMILES string of the molecule is CCN(CC)c1ccc(CCC(=O)Nc2ccc(F)cc2)cc1N. The van der Waals surface area contributed by atoms with Gasteiger partial charge in [-0.3, -0.25) is 4.79 Å². The van der Waals surface area contributed by atoms with Crippen LogP contribution in [-0.2, 0) is 11.2 Å². The van der Waals surface area contributed by atoms with Crippen molar-refractivity contribution in [3.05, 3.63) is 53.8 Å². The van der Waals surface area contributed by atoms with Gasteiger partial charge in [0.05, 0.1) is 11.4 Å². The summed E-state index contributed by atoms with van der Waals surface area (Å²) >= 11 is 0. The molecule has 128 valence electrons. The molecule has 0 spiro atoms. The van der Waals surface area contributed by atoms with Crippen molar-refractivity contribution in [2.24, 2.45) is 0 Å². The van der Waals surface area contributed by atoms with Crippen LogP contribution in [-0.4, -0.2) is 19.0 Å². The van der Waals surface area contributed by atoms with Crippen LogP contribution in [0.25, 0.3) is 0 Å². The molecule has 4 nitrogen and oxygen atoms in total. The van der Waals surface area contributed by atoms with E-state index in [1.165, 1.54) is 12.1 Å². The van der Waals surface area contributed by atoms with Gasteiger partial charge in [-0.15, -0.1) is 0 Å². The molecule has 0 radical (unpaired) electrons. The zero-order valence-electron chi connectivity index (χ0n) is 14.2. The minimum atomic E-state index is -0.322. The van der Waals surface area contributed by atoms with Gasteiger partial charge in [0.1, 0.15) is 5.82 Å². The molecule has 0 saturated heterocycles.